The molecule has 4 N–H and O–H groups in total. The van der Waals surface area contributed by atoms with Gasteiger partial charge < -0.3 is 35.4 Å². The quantitative estimate of drug-likeness (QED) is 0.137. The molecule has 13 heteroatoms. The number of hydrogen-bond donors (Lipinski definition) is 4. The van der Waals surface area contributed by atoms with Crippen LogP contribution in [-0.2, 0) is 54.8 Å². The molecular weight excluding hydrogens is 753 g/mol. The number of ether oxygens (including phenoxy) is 2. The summed E-state index contributed by atoms with van der Waals surface area (Å²) in [6.45, 7) is 20.9. The number of fused-ring (bicyclic) bond motifs is 2. The highest BCUT2D eigenvalue weighted by molar-refractivity contribution is 5.89. The number of rotatable bonds is 14. The lowest BCUT2D eigenvalue weighted by molar-refractivity contribution is -0.131. The van der Waals surface area contributed by atoms with Crippen LogP contribution < -0.4 is 16.0 Å². The first-order valence-corrected chi connectivity index (χ1v) is 20.4. The van der Waals surface area contributed by atoms with Crippen LogP contribution in [0.4, 0.5) is 9.59 Å². The van der Waals surface area contributed by atoms with Gasteiger partial charge in [-0.15, -0.1) is 0 Å². The van der Waals surface area contributed by atoms with Gasteiger partial charge in [0.05, 0.1) is 12.1 Å². The Hall–Kier alpha value is -5.30. The average Bonchev–Trinajstić information content (AvgIpc) is 3.81. The second-order valence-electron chi connectivity index (χ2n) is 16.8. The molecule has 0 bridgehead atoms. The monoisotopic (exact) mass is 818 g/mol. The van der Waals surface area contributed by atoms with Gasteiger partial charge in [-0.05, 0) is 108 Å². The molecule has 3 amide bonds. The molecule has 2 aliphatic heterocycles. The van der Waals surface area contributed by atoms with Crippen molar-refractivity contribution in [2.24, 2.45) is 11.8 Å². The molecule has 0 spiro atoms. The van der Waals surface area contributed by atoms with E-state index >= 15 is 0 Å². The summed E-state index contributed by atoms with van der Waals surface area (Å²) in [5.74, 6) is -1.56. The van der Waals surface area contributed by atoms with Gasteiger partial charge in [0.15, 0.2) is 11.6 Å². The molecule has 0 aliphatic carbocycles. The van der Waals surface area contributed by atoms with E-state index < -0.39 is 41.4 Å². The number of benzene rings is 2. The Bertz CT molecular complexity index is 1740. The third kappa shape index (κ3) is 19.8. The number of carboxylic acid groups (broad SMARTS) is 1. The molecule has 324 valence electrons. The molecular formula is C46H66N4O9. The number of nitrogens with zero attached hydrogens (tertiary/aromatic N) is 1. The summed E-state index contributed by atoms with van der Waals surface area (Å²) in [6.07, 6.45) is 6.48. The predicted molar refractivity (Wildman–Crippen MR) is 228 cm³/mol. The molecule has 0 unspecified atom stereocenters. The fourth-order valence-electron chi connectivity index (χ4n) is 5.96. The number of carbonyl (C=O) groups is 6. The van der Waals surface area contributed by atoms with Crippen molar-refractivity contribution in [1.82, 2.24) is 20.9 Å². The molecule has 0 fully saturated rings. The lowest BCUT2D eigenvalue weighted by Gasteiger charge is -2.22. The van der Waals surface area contributed by atoms with Crippen LogP contribution in [0.1, 0.15) is 117 Å². The molecule has 2 heterocycles. The van der Waals surface area contributed by atoms with Gasteiger partial charge in [-0.25, -0.2) is 14.4 Å². The van der Waals surface area contributed by atoms with Crippen LogP contribution in [-0.4, -0.2) is 68.9 Å². The highest BCUT2D eigenvalue weighted by Gasteiger charge is 2.25. The molecule has 2 aliphatic rings. The van der Waals surface area contributed by atoms with Gasteiger partial charge in [0.1, 0.15) is 11.2 Å². The van der Waals surface area contributed by atoms with Crippen molar-refractivity contribution < 1.29 is 43.3 Å². The van der Waals surface area contributed by atoms with Crippen LogP contribution in [0.15, 0.2) is 72.8 Å². The molecule has 4 rings (SSSR count). The summed E-state index contributed by atoms with van der Waals surface area (Å²) in [5.41, 5.74) is 4.03. The molecule has 0 saturated heterocycles. The predicted octanol–water partition coefficient (Wildman–Crippen LogP) is 7.80. The zero-order valence-corrected chi connectivity index (χ0v) is 36.6. The first-order chi connectivity index (χ1) is 27.6. The maximum Gasteiger partial charge on any atom is 0.408 e. The minimum atomic E-state index is -1.04. The summed E-state index contributed by atoms with van der Waals surface area (Å²) in [5, 5.41) is 16.9. The largest absolute Gasteiger partial charge is 0.478 e. The summed E-state index contributed by atoms with van der Waals surface area (Å²) in [7, 11) is 0. The van der Waals surface area contributed by atoms with Crippen LogP contribution >= 0.6 is 0 Å². The number of Topliss-reactive ketones (excluding diaryl/α,β-unsaturated/α-hetero) is 2. The van der Waals surface area contributed by atoms with E-state index in [1.807, 2.05) is 44.2 Å². The fourth-order valence-corrected chi connectivity index (χ4v) is 5.96. The second kappa shape index (κ2) is 23.9. The molecule has 0 saturated carbocycles. The minimum absolute atomic E-state index is 0.0490. The maximum absolute atomic E-state index is 12.5. The molecule has 13 nitrogen and oxygen atoms in total. The van der Waals surface area contributed by atoms with E-state index in [2.05, 4.69) is 40.2 Å². The lowest BCUT2D eigenvalue weighted by atomic mass is 9.96. The highest BCUT2D eigenvalue weighted by Crippen LogP contribution is 2.23. The van der Waals surface area contributed by atoms with Gasteiger partial charge in [0.25, 0.3) is 0 Å². The van der Waals surface area contributed by atoms with E-state index in [-0.39, 0.29) is 42.2 Å². The summed E-state index contributed by atoms with van der Waals surface area (Å²) in [4.78, 5) is 72.7. The normalized spacial score (nSPS) is 15.3. The van der Waals surface area contributed by atoms with Crippen molar-refractivity contribution in [3.05, 3.63) is 95.1 Å². The Balaban J connectivity index is 0.000000345. The zero-order chi connectivity index (χ0) is 44.3. The number of carboxylic acids is 1. The van der Waals surface area contributed by atoms with E-state index in [0.29, 0.717) is 19.5 Å². The highest BCUT2D eigenvalue weighted by atomic mass is 16.6. The van der Waals surface area contributed by atoms with Crippen LogP contribution in [0.25, 0.3) is 0 Å². The lowest BCUT2D eigenvalue weighted by Crippen LogP contribution is -2.42. The van der Waals surface area contributed by atoms with Gasteiger partial charge in [-0.2, -0.15) is 0 Å². The number of nitrogens with one attached hydrogen (secondary N) is 3. The molecule has 4 atom stereocenters. The standard InChI is InChI=1S/C23H32N2O4.C15H25NO5.C8H9N/c1-6-17(13-20(26)16(2)24-22(28)29-23(3,4)5)11-12-21(27)25-14-18-9-7-8-10-19(18)15-25;1-6-11(7-8-13(18)19)9-12(17)10(2)16-14(20)21-15(3,4)5;1-2-4-8-6-9-5-7(8)3-1/h7-12,16-17H,6,13-15H2,1-5H3,(H,24,28);7-8,10-11H,6,9H2,1-5H3,(H,16,20)(H,18,19);1-4,9H,5-6H2/b12-11+;8-7+;/t16-,17-;10-,11-;/m00./s1. The van der Waals surface area contributed by atoms with Crippen LogP contribution in [0.2, 0.25) is 0 Å². The molecule has 0 radical (unpaired) electrons. The molecule has 0 aromatic heterocycles. The van der Waals surface area contributed by atoms with Crippen molar-refractivity contribution in [2.45, 2.75) is 144 Å². The first kappa shape index (κ1) is 49.8. The van der Waals surface area contributed by atoms with Gasteiger partial charge in [-0.1, -0.05) is 74.5 Å². The third-order valence-corrected chi connectivity index (χ3v) is 9.33. The Labute approximate surface area is 350 Å². The minimum Gasteiger partial charge on any atom is -0.478 e. The summed E-state index contributed by atoms with van der Waals surface area (Å²) < 4.78 is 10.3. The number of carbonyl (C=O) groups excluding carboxylic acids is 5. The zero-order valence-electron chi connectivity index (χ0n) is 36.6. The molecule has 2 aromatic rings. The van der Waals surface area contributed by atoms with E-state index in [0.717, 1.165) is 25.6 Å². The van der Waals surface area contributed by atoms with Gasteiger partial charge in [0, 0.05) is 45.1 Å². The molecule has 2 aromatic carbocycles. The number of hydrogen-bond acceptors (Lipinski definition) is 9. The smallest absolute Gasteiger partial charge is 0.408 e. The summed E-state index contributed by atoms with van der Waals surface area (Å²) >= 11 is 0. The number of allylic oxidation sites excluding steroid dienone is 2. The Kier molecular flexibility index (Phi) is 20.2. The van der Waals surface area contributed by atoms with Gasteiger partial charge >= 0.3 is 18.2 Å². The van der Waals surface area contributed by atoms with Crippen molar-refractivity contribution in [1.29, 1.82) is 0 Å². The summed E-state index contributed by atoms with van der Waals surface area (Å²) in [6, 6.07) is 15.3. The maximum atomic E-state index is 12.5. The van der Waals surface area contributed by atoms with E-state index in [4.69, 9.17) is 14.6 Å². The fraction of sp³-hybridized carbons (Fsp3) is 0.522. The topological polar surface area (TPSA) is 180 Å². The van der Waals surface area contributed by atoms with E-state index in [1.165, 1.54) is 28.3 Å². The van der Waals surface area contributed by atoms with Gasteiger partial charge in [0.2, 0.25) is 5.91 Å². The Morgan fingerprint density at radius 1 is 0.678 bits per heavy atom. The number of amides is 3. The second-order valence-corrected chi connectivity index (χ2v) is 16.8. The number of aliphatic carboxylic acids is 1. The van der Waals surface area contributed by atoms with Crippen molar-refractivity contribution in [3.63, 3.8) is 0 Å². The Morgan fingerprint density at radius 3 is 1.41 bits per heavy atom. The Morgan fingerprint density at radius 2 is 1.05 bits per heavy atom. The van der Waals surface area contributed by atoms with Crippen molar-refractivity contribution >= 4 is 35.6 Å². The number of ketones is 2. The van der Waals surface area contributed by atoms with Crippen LogP contribution in [0.5, 0.6) is 0 Å². The van der Waals surface area contributed by atoms with Crippen LogP contribution in [0.3, 0.4) is 0 Å². The van der Waals surface area contributed by atoms with E-state index in [9.17, 15) is 28.8 Å². The first-order valence-electron chi connectivity index (χ1n) is 20.4. The molecule has 59 heavy (non-hydrogen) atoms. The van der Waals surface area contributed by atoms with E-state index in [1.54, 1.807) is 66.4 Å². The van der Waals surface area contributed by atoms with Crippen LogP contribution in [0, 0.1) is 11.8 Å². The van der Waals surface area contributed by atoms with Crippen molar-refractivity contribution in [2.75, 3.05) is 0 Å². The van der Waals surface area contributed by atoms with Gasteiger partial charge in [-0.3, -0.25) is 14.4 Å². The average molecular weight is 819 g/mol. The van der Waals surface area contributed by atoms with Crippen molar-refractivity contribution in [3.8, 4) is 0 Å². The number of alkyl carbamates (subject to hydrolysis) is 2. The SMILES string of the molecule is CC[C@@H](/C=C/C(=O)N1Cc2ccccc2C1)CC(=O)[C@H](C)NC(=O)OC(C)(C)C.CC[C@@H](/C=C/C(=O)O)CC(=O)[C@H](C)NC(=O)OC(C)(C)C.c1ccc2c(c1)CNC2. The third-order valence-electron chi connectivity index (χ3n) is 9.33.